The molecular weight excluding hydrogens is 362 g/mol. The number of nitrogens with zero attached hydrogens (tertiary/aromatic N) is 1. The maximum absolute atomic E-state index is 12.4. The fourth-order valence-electron chi connectivity index (χ4n) is 3.25. The number of hydrogen-bond donors (Lipinski definition) is 2. The highest BCUT2D eigenvalue weighted by atomic mass is 16.2. The van der Waals surface area contributed by atoms with Crippen molar-refractivity contribution in [3.8, 4) is 0 Å². The van der Waals surface area contributed by atoms with Gasteiger partial charge in [0.05, 0.1) is 12.1 Å². The third-order valence-corrected chi connectivity index (χ3v) is 5.10. The van der Waals surface area contributed by atoms with E-state index in [0.29, 0.717) is 5.71 Å². The van der Waals surface area contributed by atoms with E-state index in [1.165, 1.54) is 0 Å². The van der Waals surface area contributed by atoms with Crippen molar-refractivity contribution in [1.29, 1.82) is 0 Å². The van der Waals surface area contributed by atoms with Crippen LogP contribution in [0.25, 0.3) is 10.8 Å². The predicted octanol–water partition coefficient (Wildman–Crippen LogP) is 4.27. The first kappa shape index (κ1) is 18.9. The molecule has 1 aliphatic carbocycles. The van der Waals surface area contributed by atoms with Gasteiger partial charge in [-0.25, -0.2) is 5.43 Å². The van der Waals surface area contributed by atoms with E-state index in [4.69, 9.17) is 0 Å². The molecule has 0 bridgehead atoms. The molecule has 0 atom stereocenters. The Morgan fingerprint density at radius 2 is 1.69 bits per heavy atom. The lowest BCUT2D eigenvalue weighted by Crippen LogP contribution is -2.21. The number of fused-ring (bicyclic) bond motifs is 1. The number of carbonyl (C=O) groups is 2. The first-order chi connectivity index (χ1) is 14.1. The highest BCUT2D eigenvalue weighted by Crippen LogP contribution is 2.30. The first-order valence-electron chi connectivity index (χ1n) is 9.81. The Bertz CT molecular complexity index is 1080. The smallest absolute Gasteiger partial charge is 0.244 e. The highest BCUT2D eigenvalue weighted by Gasteiger charge is 2.29. The minimum Gasteiger partial charge on any atom is -0.326 e. The van der Waals surface area contributed by atoms with E-state index in [1.807, 2.05) is 73.7 Å². The Balaban J connectivity index is 1.37. The summed E-state index contributed by atoms with van der Waals surface area (Å²) in [7, 11) is 0. The zero-order valence-corrected chi connectivity index (χ0v) is 16.3. The minimum absolute atomic E-state index is 0.0869. The molecule has 1 aliphatic rings. The van der Waals surface area contributed by atoms with E-state index in [9.17, 15) is 9.59 Å². The summed E-state index contributed by atoms with van der Waals surface area (Å²) >= 11 is 0. The standard InChI is InChI=1S/C24H23N3O2/c1-16(17-11-13-21(14-12-17)25-24(29)19-9-10-19)26-27-23(28)15-20-7-4-6-18-5-2-3-8-22(18)20/h2-8,11-14,19H,9-10,15H2,1H3,(H,25,29)(H,27,28)/b26-16+. The second-order valence-electron chi connectivity index (χ2n) is 7.39. The molecule has 0 radical (unpaired) electrons. The van der Waals surface area contributed by atoms with Crippen molar-refractivity contribution < 1.29 is 9.59 Å². The second kappa shape index (κ2) is 8.27. The molecule has 0 unspecified atom stereocenters. The van der Waals surface area contributed by atoms with Gasteiger partial charge < -0.3 is 5.32 Å². The molecule has 3 aromatic rings. The van der Waals surface area contributed by atoms with Gasteiger partial charge in [0.2, 0.25) is 11.8 Å². The van der Waals surface area contributed by atoms with Crippen LogP contribution < -0.4 is 10.7 Å². The van der Waals surface area contributed by atoms with Gasteiger partial charge in [-0.1, -0.05) is 54.6 Å². The number of amides is 2. The van der Waals surface area contributed by atoms with Crippen LogP contribution in [0.5, 0.6) is 0 Å². The van der Waals surface area contributed by atoms with Crippen LogP contribution in [0.1, 0.15) is 30.9 Å². The average Bonchev–Trinajstić information content (AvgIpc) is 3.58. The topological polar surface area (TPSA) is 70.6 Å². The molecule has 0 heterocycles. The summed E-state index contributed by atoms with van der Waals surface area (Å²) in [6.45, 7) is 1.84. The van der Waals surface area contributed by atoms with Crippen molar-refractivity contribution in [2.24, 2.45) is 11.0 Å². The van der Waals surface area contributed by atoms with Crippen molar-refractivity contribution in [3.05, 3.63) is 77.9 Å². The quantitative estimate of drug-likeness (QED) is 0.491. The summed E-state index contributed by atoms with van der Waals surface area (Å²) in [5.74, 6) is 0.104. The van der Waals surface area contributed by atoms with E-state index >= 15 is 0 Å². The van der Waals surface area contributed by atoms with Gasteiger partial charge in [-0.15, -0.1) is 0 Å². The van der Waals surface area contributed by atoms with Gasteiger partial charge >= 0.3 is 0 Å². The SMILES string of the molecule is C/C(=N\NC(=O)Cc1cccc2ccccc12)c1ccc(NC(=O)C2CC2)cc1. The molecule has 2 amide bonds. The van der Waals surface area contributed by atoms with Gasteiger partial charge in [-0.3, -0.25) is 9.59 Å². The third-order valence-electron chi connectivity index (χ3n) is 5.10. The van der Waals surface area contributed by atoms with Gasteiger partial charge in [0.15, 0.2) is 0 Å². The van der Waals surface area contributed by atoms with Gasteiger partial charge in [0.1, 0.15) is 0 Å². The van der Waals surface area contributed by atoms with Crippen molar-refractivity contribution in [2.45, 2.75) is 26.2 Å². The molecule has 4 rings (SSSR count). The molecule has 146 valence electrons. The molecule has 3 aromatic carbocycles. The van der Waals surface area contributed by atoms with E-state index < -0.39 is 0 Å². The number of hydrazone groups is 1. The Hall–Kier alpha value is -3.47. The number of nitrogens with one attached hydrogen (secondary N) is 2. The summed E-state index contributed by atoms with van der Waals surface area (Å²) in [4.78, 5) is 24.2. The number of rotatable bonds is 6. The van der Waals surface area contributed by atoms with Crippen LogP contribution >= 0.6 is 0 Å². The lowest BCUT2D eigenvalue weighted by molar-refractivity contribution is -0.120. The zero-order valence-electron chi connectivity index (χ0n) is 16.3. The van der Waals surface area contributed by atoms with Crippen LogP contribution in [0.15, 0.2) is 71.8 Å². The van der Waals surface area contributed by atoms with E-state index in [0.717, 1.165) is 40.4 Å². The lowest BCUT2D eigenvalue weighted by atomic mass is 10.0. The van der Waals surface area contributed by atoms with E-state index in [1.54, 1.807) is 0 Å². The molecule has 0 saturated heterocycles. The summed E-state index contributed by atoms with van der Waals surface area (Å²) in [6.07, 6.45) is 2.23. The van der Waals surface area contributed by atoms with Crippen LogP contribution in [0.2, 0.25) is 0 Å². The van der Waals surface area contributed by atoms with Crippen LogP contribution in [0, 0.1) is 5.92 Å². The maximum Gasteiger partial charge on any atom is 0.244 e. The summed E-state index contributed by atoms with van der Waals surface area (Å²) in [5, 5.41) is 9.34. The monoisotopic (exact) mass is 385 g/mol. The highest BCUT2D eigenvalue weighted by molar-refractivity contribution is 6.00. The number of anilines is 1. The molecule has 5 nitrogen and oxygen atoms in total. The molecular formula is C24H23N3O2. The van der Waals surface area contributed by atoms with Crippen LogP contribution in [-0.2, 0) is 16.0 Å². The summed E-state index contributed by atoms with van der Waals surface area (Å²) in [5.41, 5.74) is 5.99. The normalized spacial score (nSPS) is 13.9. The Morgan fingerprint density at radius 3 is 2.45 bits per heavy atom. The molecule has 0 spiro atoms. The Labute approximate surface area is 169 Å². The fourth-order valence-corrected chi connectivity index (χ4v) is 3.25. The summed E-state index contributed by atoms with van der Waals surface area (Å²) in [6, 6.07) is 21.5. The van der Waals surface area contributed by atoms with Gasteiger partial charge in [0, 0.05) is 11.6 Å². The fraction of sp³-hybridized carbons (Fsp3) is 0.208. The molecule has 29 heavy (non-hydrogen) atoms. The van der Waals surface area contributed by atoms with Gasteiger partial charge in [0.25, 0.3) is 0 Å². The minimum atomic E-state index is -0.158. The van der Waals surface area contributed by atoms with Crippen LogP contribution in [0.4, 0.5) is 5.69 Å². The Kier molecular flexibility index (Phi) is 5.38. The largest absolute Gasteiger partial charge is 0.326 e. The van der Waals surface area contributed by atoms with Gasteiger partial charge in [-0.2, -0.15) is 5.10 Å². The Morgan fingerprint density at radius 1 is 0.966 bits per heavy atom. The molecule has 2 N–H and O–H groups in total. The molecule has 0 aliphatic heterocycles. The van der Waals surface area contributed by atoms with Crippen molar-refractivity contribution >= 4 is 34.0 Å². The zero-order chi connectivity index (χ0) is 20.2. The summed E-state index contributed by atoms with van der Waals surface area (Å²) < 4.78 is 0. The van der Waals surface area contributed by atoms with Crippen molar-refractivity contribution in [2.75, 3.05) is 5.32 Å². The van der Waals surface area contributed by atoms with Crippen molar-refractivity contribution in [3.63, 3.8) is 0 Å². The molecule has 0 aromatic heterocycles. The average molecular weight is 385 g/mol. The first-order valence-corrected chi connectivity index (χ1v) is 9.81. The number of hydrogen-bond acceptors (Lipinski definition) is 3. The van der Waals surface area contributed by atoms with Crippen LogP contribution in [-0.4, -0.2) is 17.5 Å². The molecule has 1 fully saturated rings. The van der Waals surface area contributed by atoms with Crippen molar-refractivity contribution in [1.82, 2.24) is 5.43 Å². The molecule has 5 heteroatoms. The van der Waals surface area contributed by atoms with E-state index in [-0.39, 0.29) is 24.2 Å². The maximum atomic E-state index is 12.4. The third kappa shape index (κ3) is 4.69. The second-order valence-corrected chi connectivity index (χ2v) is 7.39. The van der Waals surface area contributed by atoms with Crippen LogP contribution in [0.3, 0.4) is 0 Å². The lowest BCUT2D eigenvalue weighted by Gasteiger charge is -2.07. The number of carbonyl (C=O) groups excluding carboxylic acids is 2. The predicted molar refractivity (Wildman–Crippen MR) is 116 cm³/mol. The van der Waals surface area contributed by atoms with Gasteiger partial charge in [-0.05, 0) is 53.8 Å². The number of benzene rings is 3. The molecule has 1 saturated carbocycles. The van der Waals surface area contributed by atoms with E-state index in [2.05, 4.69) is 15.8 Å².